The van der Waals surface area contributed by atoms with Crippen LogP contribution >= 0.6 is 11.6 Å². The number of nitrogens with one attached hydrogen (secondary N) is 2. The summed E-state index contributed by atoms with van der Waals surface area (Å²) in [6, 6.07) is 14.6. The second-order valence-corrected chi connectivity index (χ2v) is 9.72. The van der Waals surface area contributed by atoms with E-state index in [1.807, 2.05) is 6.92 Å². The molecule has 0 aliphatic rings. The fourth-order valence-corrected chi connectivity index (χ4v) is 5.08. The van der Waals surface area contributed by atoms with Crippen LogP contribution in [0.5, 0.6) is 11.5 Å². The first-order chi connectivity index (χ1) is 15.6. The number of methoxy groups -OCH3 is 2. The van der Waals surface area contributed by atoms with Crippen molar-refractivity contribution in [1.29, 1.82) is 0 Å². The average Bonchev–Trinajstić information content (AvgIpc) is 2.79. The maximum absolute atomic E-state index is 13.2. The Bertz CT molecular complexity index is 1270. The highest BCUT2D eigenvalue weighted by Gasteiger charge is 2.22. The van der Waals surface area contributed by atoms with Gasteiger partial charge in [0, 0.05) is 22.5 Å². The molecule has 0 saturated heterocycles. The van der Waals surface area contributed by atoms with E-state index in [1.54, 1.807) is 55.5 Å². The average molecular weight is 489 g/mol. The molecular formula is C24H25ClN2O5S. The molecule has 3 aromatic rings. The molecule has 174 valence electrons. The van der Waals surface area contributed by atoms with Gasteiger partial charge in [-0.3, -0.25) is 4.79 Å². The number of carbonyl (C=O) groups is 1. The molecule has 0 aliphatic heterocycles. The number of rotatable bonds is 8. The lowest BCUT2D eigenvalue weighted by Crippen LogP contribution is -2.22. The minimum atomic E-state index is -3.78. The number of hydrogen-bond acceptors (Lipinski definition) is 6. The molecule has 0 unspecified atom stereocenters. The smallest absolute Gasteiger partial charge is 0.243 e. The van der Waals surface area contributed by atoms with Crippen molar-refractivity contribution < 1.29 is 22.7 Å². The minimum absolute atomic E-state index is 0.0849. The molecule has 0 heterocycles. The molecule has 1 amide bonds. The van der Waals surface area contributed by atoms with Crippen LogP contribution in [0.3, 0.4) is 0 Å². The Morgan fingerprint density at radius 3 is 2.24 bits per heavy atom. The first kappa shape index (κ1) is 24.4. The summed E-state index contributed by atoms with van der Waals surface area (Å²) in [5.74, 6) is 0.704. The Kier molecular flexibility index (Phi) is 7.50. The zero-order chi connectivity index (χ0) is 24.2. The van der Waals surface area contributed by atoms with Crippen molar-refractivity contribution in [2.75, 3.05) is 31.4 Å². The number of aryl methyl sites for hydroxylation is 1. The fraction of sp³-hybridized carbons (Fsp3) is 0.208. The third-order valence-corrected chi connectivity index (χ3v) is 7.17. The topological polar surface area (TPSA) is 93.7 Å². The summed E-state index contributed by atoms with van der Waals surface area (Å²) in [7, 11) is -0.746. The van der Waals surface area contributed by atoms with E-state index in [4.69, 9.17) is 21.1 Å². The summed E-state index contributed by atoms with van der Waals surface area (Å²) in [4.78, 5) is 12.7. The fourth-order valence-electron chi connectivity index (χ4n) is 3.26. The van der Waals surface area contributed by atoms with Gasteiger partial charge in [-0.05, 0) is 55.8 Å². The van der Waals surface area contributed by atoms with Gasteiger partial charge in [-0.15, -0.1) is 0 Å². The summed E-state index contributed by atoms with van der Waals surface area (Å²) >= 11 is 6.22. The molecule has 0 aromatic heterocycles. The van der Waals surface area contributed by atoms with Crippen LogP contribution < -0.4 is 20.1 Å². The number of hydrogen-bond donors (Lipinski definition) is 2. The van der Waals surface area contributed by atoms with Gasteiger partial charge in [-0.1, -0.05) is 29.3 Å². The van der Waals surface area contributed by atoms with Gasteiger partial charge < -0.3 is 20.1 Å². The van der Waals surface area contributed by atoms with E-state index in [1.165, 1.54) is 20.3 Å². The van der Waals surface area contributed by atoms with Crippen molar-refractivity contribution >= 4 is 38.7 Å². The molecule has 0 aliphatic carbocycles. The molecule has 33 heavy (non-hydrogen) atoms. The SMILES string of the molecule is COc1ccc(NC(=O)CNc2cc(Cl)cc(S(=O)(=O)c3ccc(C)cc3)c2C)cc1OC. The summed E-state index contributed by atoms with van der Waals surface area (Å²) in [5, 5.41) is 5.99. The Hall–Kier alpha value is -3.23. The van der Waals surface area contributed by atoms with Gasteiger partial charge in [0.1, 0.15) is 0 Å². The van der Waals surface area contributed by atoms with Crippen LogP contribution in [0.25, 0.3) is 0 Å². The molecule has 0 atom stereocenters. The third-order valence-electron chi connectivity index (χ3n) is 5.05. The predicted molar refractivity (Wildman–Crippen MR) is 129 cm³/mol. The lowest BCUT2D eigenvalue weighted by atomic mass is 10.2. The van der Waals surface area contributed by atoms with Crippen LogP contribution in [0.1, 0.15) is 11.1 Å². The van der Waals surface area contributed by atoms with Crippen LogP contribution in [-0.2, 0) is 14.6 Å². The van der Waals surface area contributed by atoms with Crippen molar-refractivity contribution in [3.8, 4) is 11.5 Å². The number of halogens is 1. The number of benzene rings is 3. The van der Waals surface area contributed by atoms with E-state index >= 15 is 0 Å². The van der Waals surface area contributed by atoms with E-state index < -0.39 is 9.84 Å². The third kappa shape index (κ3) is 5.58. The van der Waals surface area contributed by atoms with Crippen molar-refractivity contribution in [1.82, 2.24) is 0 Å². The largest absolute Gasteiger partial charge is 0.493 e. The second-order valence-electron chi connectivity index (χ2n) is 7.36. The Balaban J connectivity index is 1.79. The van der Waals surface area contributed by atoms with E-state index in [-0.39, 0.29) is 27.3 Å². The summed E-state index contributed by atoms with van der Waals surface area (Å²) < 4.78 is 36.8. The Labute approximate surface area is 198 Å². The molecule has 3 rings (SSSR count). The molecule has 0 saturated carbocycles. The number of sulfone groups is 1. The van der Waals surface area contributed by atoms with Crippen LogP contribution in [0, 0.1) is 13.8 Å². The maximum Gasteiger partial charge on any atom is 0.243 e. The lowest BCUT2D eigenvalue weighted by Gasteiger charge is -2.15. The lowest BCUT2D eigenvalue weighted by molar-refractivity contribution is -0.114. The molecule has 7 nitrogen and oxygen atoms in total. The molecule has 9 heteroatoms. The number of carbonyl (C=O) groups excluding carboxylic acids is 1. The zero-order valence-electron chi connectivity index (χ0n) is 18.7. The van der Waals surface area contributed by atoms with Crippen molar-refractivity contribution in [2.45, 2.75) is 23.6 Å². The molecule has 3 aromatic carbocycles. The number of anilines is 2. The molecule has 0 radical (unpaired) electrons. The maximum atomic E-state index is 13.2. The summed E-state index contributed by atoms with van der Waals surface area (Å²) in [6.45, 7) is 3.46. The Morgan fingerprint density at radius 1 is 0.939 bits per heavy atom. The molecular weight excluding hydrogens is 464 g/mol. The second kappa shape index (κ2) is 10.1. The molecule has 2 N–H and O–H groups in total. The quantitative estimate of drug-likeness (QED) is 0.470. The van der Waals surface area contributed by atoms with Crippen LogP contribution in [0.2, 0.25) is 5.02 Å². The number of ether oxygens (including phenoxy) is 2. The highest BCUT2D eigenvalue weighted by Crippen LogP contribution is 2.32. The minimum Gasteiger partial charge on any atom is -0.493 e. The van der Waals surface area contributed by atoms with Crippen LogP contribution in [-0.4, -0.2) is 35.1 Å². The molecule has 0 bridgehead atoms. The van der Waals surface area contributed by atoms with Crippen molar-refractivity contribution in [3.05, 3.63) is 70.7 Å². The molecule has 0 spiro atoms. The standard InChI is InChI=1S/C24H25ClN2O5S/c1-15-5-8-19(9-6-15)33(29,30)23-12-17(25)11-20(16(23)2)26-14-24(28)27-18-7-10-21(31-3)22(13-18)32-4/h5-13,26H,14H2,1-4H3,(H,27,28). The summed E-state index contributed by atoms with van der Waals surface area (Å²) in [6.07, 6.45) is 0. The monoisotopic (exact) mass is 488 g/mol. The van der Waals surface area contributed by atoms with Gasteiger partial charge in [0.2, 0.25) is 15.7 Å². The normalized spacial score (nSPS) is 11.1. The van der Waals surface area contributed by atoms with Gasteiger partial charge in [-0.2, -0.15) is 0 Å². The molecule has 0 fully saturated rings. The van der Waals surface area contributed by atoms with E-state index in [0.29, 0.717) is 28.4 Å². The summed E-state index contributed by atoms with van der Waals surface area (Å²) in [5.41, 5.74) is 2.42. The van der Waals surface area contributed by atoms with E-state index in [0.717, 1.165) is 5.56 Å². The van der Waals surface area contributed by atoms with Crippen LogP contribution in [0.15, 0.2) is 64.4 Å². The first-order valence-electron chi connectivity index (χ1n) is 10.0. The van der Waals surface area contributed by atoms with Gasteiger partial charge in [-0.25, -0.2) is 8.42 Å². The van der Waals surface area contributed by atoms with E-state index in [2.05, 4.69) is 10.6 Å². The van der Waals surface area contributed by atoms with Crippen LogP contribution in [0.4, 0.5) is 11.4 Å². The highest BCUT2D eigenvalue weighted by molar-refractivity contribution is 7.91. The van der Waals surface area contributed by atoms with Gasteiger partial charge in [0.05, 0.1) is 30.6 Å². The zero-order valence-corrected chi connectivity index (χ0v) is 20.3. The van der Waals surface area contributed by atoms with Crippen molar-refractivity contribution in [3.63, 3.8) is 0 Å². The van der Waals surface area contributed by atoms with Gasteiger partial charge in [0.15, 0.2) is 11.5 Å². The highest BCUT2D eigenvalue weighted by atomic mass is 35.5. The van der Waals surface area contributed by atoms with Crippen molar-refractivity contribution in [2.24, 2.45) is 0 Å². The van der Waals surface area contributed by atoms with E-state index in [9.17, 15) is 13.2 Å². The van der Waals surface area contributed by atoms with Gasteiger partial charge >= 0.3 is 0 Å². The predicted octanol–water partition coefficient (Wildman–Crippen LogP) is 4.86. The first-order valence-corrected chi connectivity index (χ1v) is 11.9. The Morgan fingerprint density at radius 2 is 1.61 bits per heavy atom. The van der Waals surface area contributed by atoms with Gasteiger partial charge in [0.25, 0.3) is 0 Å². The number of amides is 1.